The zero-order valence-corrected chi connectivity index (χ0v) is 10.7. The maximum absolute atomic E-state index is 11.5. The maximum atomic E-state index is 11.5. The van der Waals surface area contributed by atoms with Crippen LogP contribution in [0.5, 0.6) is 0 Å². The zero-order chi connectivity index (χ0) is 13.5. The predicted octanol–water partition coefficient (Wildman–Crippen LogP) is 1.89. The lowest BCUT2D eigenvalue weighted by atomic mass is 10.2. The molecule has 0 aliphatic carbocycles. The van der Waals surface area contributed by atoms with Crippen LogP contribution in [0.4, 0.5) is 5.69 Å². The molecule has 1 amide bonds. The first kappa shape index (κ1) is 12.9. The van der Waals surface area contributed by atoms with Crippen LogP contribution in [-0.4, -0.2) is 23.7 Å². The summed E-state index contributed by atoms with van der Waals surface area (Å²) < 4.78 is 0. The molecule has 1 aromatic heterocycles. The molecule has 3 N–H and O–H groups in total. The second-order valence-corrected chi connectivity index (χ2v) is 4.14. The van der Waals surface area contributed by atoms with E-state index in [1.807, 2.05) is 43.3 Å². The van der Waals surface area contributed by atoms with E-state index in [0.717, 1.165) is 11.4 Å². The fourth-order valence-corrected chi connectivity index (χ4v) is 1.49. The van der Waals surface area contributed by atoms with Gasteiger partial charge >= 0.3 is 0 Å². The molecule has 0 aliphatic heterocycles. The number of aryl methyl sites for hydroxylation is 1. The van der Waals surface area contributed by atoms with E-state index in [1.165, 1.54) is 5.56 Å². The maximum Gasteiger partial charge on any atom is 0.259 e. The molecule has 1 aromatic carbocycles. The van der Waals surface area contributed by atoms with E-state index < -0.39 is 0 Å². The van der Waals surface area contributed by atoms with Crippen molar-refractivity contribution >= 4 is 17.8 Å². The van der Waals surface area contributed by atoms with Crippen LogP contribution in [0.25, 0.3) is 0 Å². The Labute approximate surface area is 111 Å². The molecule has 5 nitrogen and oxygen atoms in total. The Morgan fingerprint density at radius 2 is 2.11 bits per heavy atom. The van der Waals surface area contributed by atoms with Crippen LogP contribution in [0, 0.1) is 6.92 Å². The van der Waals surface area contributed by atoms with Gasteiger partial charge in [-0.2, -0.15) is 5.10 Å². The number of nitrogens with one attached hydrogen (secondary N) is 3. The molecule has 0 fully saturated rings. The quantitative estimate of drug-likeness (QED) is 0.564. The molecule has 0 saturated carbocycles. The number of carbonyl (C=O) groups is 1. The van der Waals surface area contributed by atoms with Gasteiger partial charge < -0.3 is 10.3 Å². The van der Waals surface area contributed by atoms with Crippen molar-refractivity contribution < 1.29 is 4.79 Å². The molecule has 0 atom stereocenters. The van der Waals surface area contributed by atoms with Gasteiger partial charge in [-0.25, -0.2) is 5.43 Å². The molecule has 0 aliphatic rings. The number of carbonyl (C=O) groups excluding carboxylic acids is 1. The third kappa shape index (κ3) is 4.31. The molecule has 98 valence electrons. The Morgan fingerprint density at radius 3 is 2.79 bits per heavy atom. The molecule has 2 rings (SSSR count). The van der Waals surface area contributed by atoms with Crippen molar-refractivity contribution in [1.29, 1.82) is 0 Å². The first-order chi connectivity index (χ1) is 9.24. The minimum absolute atomic E-state index is 0.186. The van der Waals surface area contributed by atoms with Gasteiger partial charge in [0.15, 0.2) is 0 Å². The number of rotatable bonds is 5. The molecule has 2 aromatic rings. The minimum atomic E-state index is -0.191. The van der Waals surface area contributed by atoms with Gasteiger partial charge in [0, 0.05) is 11.9 Å². The summed E-state index contributed by atoms with van der Waals surface area (Å²) in [6.45, 7) is 2.21. The molecule has 5 heteroatoms. The van der Waals surface area contributed by atoms with E-state index in [0.29, 0.717) is 0 Å². The number of aromatic nitrogens is 1. The van der Waals surface area contributed by atoms with E-state index in [4.69, 9.17) is 0 Å². The molecule has 1 heterocycles. The van der Waals surface area contributed by atoms with Crippen LogP contribution in [0.1, 0.15) is 11.3 Å². The number of H-pyrrole nitrogens is 1. The molecule has 19 heavy (non-hydrogen) atoms. The third-order valence-electron chi connectivity index (χ3n) is 2.52. The van der Waals surface area contributed by atoms with Gasteiger partial charge in [-0.05, 0) is 31.2 Å². The number of hydrogen-bond acceptors (Lipinski definition) is 3. The van der Waals surface area contributed by atoms with Crippen molar-refractivity contribution in [3.8, 4) is 0 Å². The lowest BCUT2D eigenvalue weighted by Crippen LogP contribution is -2.25. The highest BCUT2D eigenvalue weighted by Crippen LogP contribution is 2.07. The summed E-state index contributed by atoms with van der Waals surface area (Å²) in [6, 6.07) is 11.6. The van der Waals surface area contributed by atoms with Gasteiger partial charge in [0.1, 0.15) is 0 Å². The first-order valence-electron chi connectivity index (χ1n) is 6.00. The Kier molecular flexibility index (Phi) is 4.34. The summed E-state index contributed by atoms with van der Waals surface area (Å²) in [5, 5.41) is 6.87. The number of anilines is 1. The van der Waals surface area contributed by atoms with Crippen LogP contribution in [0.15, 0.2) is 47.7 Å². The standard InChI is InChI=1S/C14H16N4O/c1-11-4-6-12(7-5-11)16-10-14(19)18-17-9-13-3-2-8-15-13/h2-9,15-16H,10H2,1H3,(H,18,19)/b17-9-. The van der Waals surface area contributed by atoms with E-state index in [1.54, 1.807) is 12.4 Å². The number of nitrogens with zero attached hydrogens (tertiary/aromatic N) is 1. The van der Waals surface area contributed by atoms with Crippen LogP contribution >= 0.6 is 0 Å². The number of benzene rings is 1. The number of hydrazone groups is 1. The van der Waals surface area contributed by atoms with Gasteiger partial charge in [0.05, 0.1) is 18.5 Å². The van der Waals surface area contributed by atoms with E-state index >= 15 is 0 Å². The molecular weight excluding hydrogens is 240 g/mol. The number of aromatic amines is 1. The summed E-state index contributed by atoms with van der Waals surface area (Å²) in [5.74, 6) is -0.191. The number of amides is 1. The molecular formula is C14H16N4O. The smallest absolute Gasteiger partial charge is 0.259 e. The van der Waals surface area contributed by atoms with Crippen LogP contribution in [0.3, 0.4) is 0 Å². The molecule has 0 spiro atoms. The van der Waals surface area contributed by atoms with Gasteiger partial charge in [0.2, 0.25) is 0 Å². The predicted molar refractivity (Wildman–Crippen MR) is 76.2 cm³/mol. The van der Waals surface area contributed by atoms with Crippen molar-refractivity contribution in [1.82, 2.24) is 10.4 Å². The van der Waals surface area contributed by atoms with Gasteiger partial charge in [0.25, 0.3) is 5.91 Å². The minimum Gasteiger partial charge on any atom is -0.376 e. The summed E-state index contributed by atoms with van der Waals surface area (Å²) in [5.41, 5.74) is 5.39. The van der Waals surface area contributed by atoms with Gasteiger partial charge in [-0.15, -0.1) is 0 Å². The lowest BCUT2D eigenvalue weighted by Gasteiger charge is -2.05. The average Bonchev–Trinajstić information content (AvgIpc) is 2.91. The lowest BCUT2D eigenvalue weighted by molar-refractivity contribution is -0.119. The zero-order valence-electron chi connectivity index (χ0n) is 10.7. The molecule has 0 saturated heterocycles. The highest BCUT2D eigenvalue weighted by Gasteiger charge is 1.98. The van der Waals surface area contributed by atoms with Crippen molar-refractivity contribution in [2.75, 3.05) is 11.9 Å². The SMILES string of the molecule is Cc1ccc(NCC(=O)N/N=C\c2ccc[nH]2)cc1. The van der Waals surface area contributed by atoms with Crippen LogP contribution < -0.4 is 10.7 Å². The van der Waals surface area contributed by atoms with Crippen molar-refractivity contribution in [3.63, 3.8) is 0 Å². The van der Waals surface area contributed by atoms with Crippen molar-refractivity contribution in [2.24, 2.45) is 5.10 Å². The molecule has 0 radical (unpaired) electrons. The third-order valence-corrected chi connectivity index (χ3v) is 2.52. The second-order valence-electron chi connectivity index (χ2n) is 4.14. The fraction of sp³-hybridized carbons (Fsp3) is 0.143. The first-order valence-corrected chi connectivity index (χ1v) is 6.00. The summed E-state index contributed by atoms with van der Waals surface area (Å²) in [6.07, 6.45) is 3.35. The Hall–Kier alpha value is -2.56. The normalized spacial score (nSPS) is 10.6. The molecule has 0 unspecified atom stereocenters. The second kappa shape index (κ2) is 6.39. The number of hydrogen-bond donors (Lipinski definition) is 3. The Balaban J connectivity index is 1.74. The molecule has 0 bridgehead atoms. The Bertz CT molecular complexity index is 543. The van der Waals surface area contributed by atoms with Crippen molar-refractivity contribution in [2.45, 2.75) is 6.92 Å². The van der Waals surface area contributed by atoms with Crippen LogP contribution in [0.2, 0.25) is 0 Å². The van der Waals surface area contributed by atoms with E-state index in [2.05, 4.69) is 20.8 Å². The highest BCUT2D eigenvalue weighted by molar-refractivity contribution is 5.83. The topological polar surface area (TPSA) is 69.3 Å². The Morgan fingerprint density at radius 1 is 1.32 bits per heavy atom. The van der Waals surface area contributed by atoms with Gasteiger partial charge in [-0.3, -0.25) is 4.79 Å². The summed E-state index contributed by atoms with van der Waals surface area (Å²) in [7, 11) is 0. The van der Waals surface area contributed by atoms with Gasteiger partial charge in [-0.1, -0.05) is 17.7 Å². The van der Waals surface area contributed by atoms with Crippen LogP contribution in [-0.2, 0) is 4.79 Å². The monoisotopic (exact) mass is 256 g/mol. The highest BCUT2D eigenvalue weighted by atomic mass is 16.2. The largest absolute Gasteiger partial charge is 0.376 e. The average molecular weight is 256 g/mol. The van der Waals surface area contributed by atoms with E-state index in [-0.39, 0.29) is 12.5 Å². The summed E-state index contributed by atoms with van der Waals surface area (Å²) >= 11 is 0. The summed E-state index contributed by atoms with van der Waals surface area (Å²) in [4.78, 5) is 14.5. The van der Waals surface area contributed by atoms with Crippen molar-refractivity contribution in [3.05, 3.63) is 53.9 Å². The fourth-order valence-electron chi connectivity index (χ4n) is 1.49. The van der Waals surface area contributed by atoms with E-state index in [9.17, 15) is 4.79 Å².